The Morgan fingerprint density at radius 3 is 2.89 bits per heavy atom. The lowest BCUT2D eigenvalue weighted by Crippen LogP contribution is -2.02. The molecule has 2 aromatic rings. The summed E-state index contributed by atoms with van der Waals surface area (Å²) in [7, 11) is 1.62. The number of ether oxygens (including phenoxy) is 1. The Kier molecular flexibility index (Phi) is 3.32. The van der Waals surface area contributed by atoms with E-state index in [0.717, 1.165) is 16.9 Å². The molecule has 0 atom stereocenters. The zero-order valence-electron chi connectivity index (χ0n) is 10.2. The molecule has 0 unspecified atom stereocenters. The number of hydrogen-bond acceptors (Lipinski definition) is 3. The van der Waals surface area contributed by atoms with E-state index in [1.165, 1.54) is 6.33 Å². The van der Waals surface area contributed by atoms with E-state index in [1.54, 1.807) is 7.11 Å². The van der Waals surface area contributed by atoms with E-state index in [4.69, 9.17) is 9.84 Å². The van der Waals surface area contributed by atoms with Crippen molar-refractivity contribution >= 4 is 5.97 Å². The lowest BCUT2D eigenvalue weighted by molar-refractivity contribution is -0.136. The zero-order valence-corrected chi connectivity index (χ0v) is 10.2. The van der Waals surface area contributed by atoms with Crippen molar-refractivity contribution in [1.29, 1.82) is 0 Å². The molecule has 0 spiro atoms. The fourth-order valence-corrected chi connectivity index (χ4v) is 1.88. The highest BCUT2D eigenvalue weighted by Gasteiger charge is 2.12. The maximum absolute atomic E-state index is 10.7. The predicted octanol–water partition coefficient (Wildman–Crippen LogP) is 2.02. The molecule has 0 aliphatic carbocycles. The highest BCUT2D eigenvalue weighted by molar-refractivity contribution is 5.74. The SMILES string of the molecule is COc1ccc(-c2nc[nH]c2CC(=O)O)cc1C. The molecule has 0 aliphatic rings. The minimum atomic E-state index is -0.884. The van der Waals surface area contributed by atoms with Crippen LogP contribution < -0.4 is 4.74 Å². The maximum atomic E-state index is 10.7. The fraction of sp³-hybridized carbons (Fsp3) is 0.231. The van der Waals surface area contributed by atoms with Crippen LogP contribution in [0.2, 0.25) is 0 Å². The van der Waals surface area contributed by atoms with Crippen LogP contribution in [0, 0.1) is 6.92 Å². The topological polar surface area (TPSA) is 75.2 Å². The van der Waals surface area contributed by atoms with Crippen molar-refractivity contribution in [1.82, 2.24) is 9.97 Å². The molecular weight excluding hydrogens is 232 g/mol. The molecule has 18 heavy (non-hydrogen) atoms. The third-order valence-electron chi connectivity index (χ3n) is 2.71. The van der Waals surface area contributed by atoms with Crippen molar-refractivity contribution in [2.24, 2.45) is 0 Å². The van der Waals surface area contributed by atoms with Gasteiger partial charge >= 0.3 is 5.97 Å². The molecule has 0 saturated carbocycles. The van der Waals surface area contributed by atoms with Crippen LogP contribution >= 0.6 is 0 Å². The number of H-pyrrole nitrogens is 1. The number of nitrogens with one attached hydrogen (secondary N) is 1. The van der Waals surface area contributed by atoms with Gasteiger partial charge in [-0.05, 0) is 30.7 Å². The summed E-state index contributed by atoms with van der Waals surface area (Å²) in [5, 5.41) is 8.83. The third kappa shape index (κ3) is 2.34. The first kappa shape index (κ1) is 12.2. The molecule has 0 bridgehead atoms. The van der Waals surface area contributed by atoms with E-state index >= 15 is 0 Å². The number of aromatic nitrogens is 2. The molecule has 0 radical (unpaired) electrons. The largest absolute Gasteiger partial charge is 0.496 e. The molecule has 0 saturated heterocycles. The normalized spacial score (nSPS) is 10.3. The second kappa shape index (κ2) is 4.91. The highest BCUT2D eigenvalue weighted by Crippen LogP contribution is 2.26. The van der Waals surface area contributed by atoms with Gasteiger partial charge in [-0.2, -0.15) is 0 Å². The quantitative estimate of drug-likeness (QED) is 0.865. The van der Waals surface area contributed by atoms with Crippen LogP contribution in [0.4, 0.5) is 0 Å². The number of hydrogen-bond donors (Lipinski definition) is 2. The number of aliphatic carboxylic acids is 1. The molecule has 5 heteroatoms. The van der Waals surface area contributed by atoms with Gasteiger partial charge in [0, 0.05) is 5.56 Å². The number of imidazole rings is 1. The number of aromatic amines is 1. The fourth-order valence-electron chi connectivity index (χ4n) is 1.88. The van der Waals surface area contributed by atoms with Crippen LogP contribution in [0.1, 0.15) is 11.3 Å². The summed E-state index contributed by atoms with van der Waals surface area (Å²) in [6.45, 7) is 1.94. The van der Waals surface area contributed by atoms with Gasteiger partial charge < -0.3 is 14.8 Å². The Morgan fingerprint density at radius 1 is 1.50 bits per heavy atom. The lowest BCUT2D eigenvalue weighted by atomic mass is 10.1. The summed E-state index contributed by atoms with van der Waals surface area (Å²) in [5.41, 5.74) is 3.14. The Morgan fingerprint density at radius 2 is 2.28 bits per heavy atom. The lowest BCUT2D eigenvalue weighted by Gasteiger charge is -2.07. The summed E-state index contributed by atoms with van der Waals surface area (Å²) in [6, 6.07) is 5.65. The first-order chi connectivity index (χ1) is 8.61. The van der Waals surface area contributed by atoms with Crippen LogP contribution in [-0.4, -0.2) is 28.2 Å². The van der Waals surface area contributed by atoms with Crippen molar-refractivity contribution in [2.75, 3.05) is 7.11 Å². The van der Waals surface area contributed by atoms with Crippen molar-refractivity contribution in [3.05, 3.63) is 35.8 Å². The number of carboxylic acid groups (broad SMARTS) is 1. The number of carboxylic acids is 1. The number of nitrogens with zero attached hydrogens (tertiary/aromatic N) is 1. The van der Waals surface area contributed by atoms with E-state index in [-0.39, 0.29) is 6.42 Å². The molecule has 1 aromatic heterocycles. The zero-order chi connectivity index (χ0) is 13.1. The molecule has 2 N–H and O–H groups in total. The van der Waals surface area contributed by atoms with E-state index in [0.29, 0.717) is 11.4 Å². The smallest absolute Gasteiger partial charge is 0.309 e. The van der Waals surface area contributed by atoms with Gasteiger partial charge in [0.2, 0.25) is 0 Å². The van der Waals surface area contributed by atoms with E-state index in [9.17, 15) is 4.79 Å². The monoisotopic (exact) mass is 246 g/mol. The first-order valence-electron chi connectivity index (χ1n) is 5.51. The molecule has 0 aliphatic heterocycles. The Labute approximate surface area is 104 Å². The summed E-state index contributed by atoms with van der Waals surface area (Å²) >= 11 is 0. The third-order valence-corrected chi connectivity index (χ3v) is 2.71. The van der Waals surface area contributed by atoms with Crippen LogP contribution in [-0.2, 0) is 11.2 Å². The number of rotatable bonds is 4. The van der Waals surface area contributed by atoms with Gasteiger partial charge in [-0.1, -0.05) is 0 Å². The van der Waals surface area contributed by atoms with Crippen molar-refractivity contribution in [3.8, 4) is 17.0 Å². The Balaban J connectivity index is 2.40. The summed E-state index contributed by atoms with van der Waals surface area (Å²) in [6.07, 6.45) is 1.44. The van der Waals surface area contributed by atoms with E-state index in [2.05, 4.69) is 9.97 Å². The van der Waals surface area contributed by atoms with Crippen molar-refractivity contribution in [2.45, 2.75) is 13.3 Å². The summed E-state index contributed by atoms with van der Waals surface area (Å²) < 4.78 is 5.19. The van der Waals surface area contributed by atoms with Crippen LogP contribution in [0.25, 0.3) is 11.3 Å². The van der Waals surface area contributed by atoms with Gasteiger partial charge in [0.25, 0.3) is 0 Å². The predicted molar refractivity (Wildman–Crippen MR) is 66.7 cm³/mol. The van der Waals surface area contributed by atoms with E-state index in [1.807, 2.05) is 25.1 Å². The second-order valence-corrected chi connectivity index (χ2v) is 3.98. The molecule has 1 heterocycles. The average Bonchev–Trinajstić information content (AvgIpc) is 2.76. The van der Waals surface area contributed by atoms with Gasteiger partial charge in [0.1, 0.15) is 5.75 Å². The van der Waals surface area contributed by atoms with Crippen molar-refractivity contribution < 1.29 is 14.6 Å². The van der Waals surface area contributed by atoms with Crippen molar-refractivity contribution in [3.63, 3.8) is 0 Å². The molecule has 0 fully saturated rings. The van der Waals surface area contributed by atoms with Gasteiger partial charge in [-0.25, -0.2) is 4.98 Å². The van der Waals surface area contributed by atoms with Gasteiger partial charge in [-0.15, -0.1) is 0 Å². The summed E-state index contributed by atoms with van der Waals surface area (Å²) in [4.78, 5) is 17.8. The highest BCUT2D eigenvalue weighted by atomic mass is 16.5. The standard InChI is InChI=1S/C13H14N2O3/c1-8-5-9(3-4-11(8)18-2)13-10(6-12(16)17)14-7-15-13/h3-5,7H,6H2,1-2H3,(H,14,15)(H,16,17). The first-order valence-corrected chi connectivity index (χ1v) is 5.51. The van der Waals surface area contributed by atoms with Gasteiger partial charge in [-0.3, -0.25) is 4.79 Å². The average molecular weight is 246 g/mol. The van der Waals surface area contributed by atoms with Crippen LogP contribution in [0.5, 0.6) is 5.75 Å². The minimum absolute atomic E-state index is 0.0690. The van der Waals surface area contributed by atoms with Crippen LogP contribution in [0.15, 0.2) is 24.5 Å². The second-order valence-electron chi connectivity index (χ2n) is 3.98. The molecule has 94 valence electrons. The number of aryl methyl sites for hydroxylation is 1. The molecule has 0 amide bonds. The van der Waals surface area contributed by atoms with Crippen LogP contribution in [0.3, 0.4) is 0 Å². The maximum Gasteiger partial charge on any atom is 0.309 e. The number of methoxy groups -OCH3 is 1. The van der Waals surface area contributed by atoms with Gasteiger partial charge in [0.15, 0.2) is 0 Å². The molecule has 1 aromatic carbocycles. The number of carbonyl (C=O) groups is 1. The Hall–Kier alpha value is -2.30. The summed E-state index contributed by atoms with van der Waals surface area (Å²) in [5.74, 6) is -0.0835. The minimum Gasteiger partial charge on any atom is -0.496 e. The Bertz CT molecular complexity index is 575. The number of benzene rings is 1. The van der Waals surface area contributed by atoms with E-state index < -0.39 is 5.97 Å². The molecular formula is C13H14N2O3. The molecule has 2 rings (SSSR count). The molecule has 5 nitrogen and oxygen atoms in total. The van der Waals surface area contributed by atoms with Gasteiger partial charge in [0.05, 0.1) is 31.2 Å².